The Kier molecular flexibility index (Phi) is 4.55. The minimum Gasteiger partial charge on any atom is -0.353 e. The third kappa shape index (κ3) is 4.27. The molecule has 0 heterocycles. The van der Waals surface area contributed by atoms with E-state index in [1.807, 2.05) is 0 Å². The molecule has 0 spiro atoms. The van der Waals surface area contributed by atoms with Crippen LogP contribution in [0.2, 0.25) is 5.02 Å². The molecule has 1 amide bonds. The van der Waals surface area contributed by atoms with Gasteiger partial charge in [0.05, 0.1) is 5.02 Å². The highest BCUT2D eigenvalue weighted by Gasteiger charge is 2.22. The summed E-state index contributed by atoms with van der Waals surface area (Å²) in [5, 5.41) is 6.18. The van der Waals surface area contributed by atoms with Crippen LogP contribution in [0.3, 0.4) is 0 Å². The first kappa shape index (κ1) is 13.3. The maximum absolute atomic E-state index is 12.9. The highest BCUT2D eigenvalue weighted by molar-refractivity contribution is 6.30. The standard InChI is InChI=1S/C13H16ClFN2O/c14-11-7-9(1-4-12(11)15)8-16-6-5-13(18)17-10-2-3-10/h1,4,7,10,16H,2-3,5-6,8H2,(H,17,18). The molecule has 0 unspecified atom stereocenters. The van der Waals surface area contributed by atoms with Gasteiger partial charge in [0.2, 0.25) is 5.91 Å². The number of carbonyl (C=O) groups excluding carboxylic acids is 1. The van der Waals surface area contributed by atoms with Gasteiger partial charge in [-0.05, 0) is 30.5 Å². The second-order valence-corrected chi connectivity index (χ2v) is 4.92. The summed E-state index contributed by atoms with van der Waals surface area (Å²) in [4.78, 5) is 11.4. The molecule has 1 saturated carbocycles. The fourth-order valence-electron chi connectivity index (χ4n) is 1.61. The summed E-state index contributed by atoms with van der Waals surface area (Å²) < 4.78 is 12.9. The molecule has 1 aromatic rings. The lowest BCUT2D eigenvalue weighted by atomic mass is 10.2. The number of carbonyl (C=O) groups is 1. The summed E-state index contributed by atoms with van der Waals surface area (Å²) in [5.74, 6) is -0.327. The first-order chi connectivity index (χ1) is 8.65. The van der Waals surface area contributed by atoms with E-state index in [4.69, 9.17) is 11.6 Å². The maximum Gasteiger partial charge on any atom is 0.221 e. The Bertz CT molecular complexity index is 435. The van der Waals surface area contributed by atoms with Crippen molar-refractivity contribution in [3.63, 3.8) is 0 Å². The smallest absolute Gasteiger partial charge is 0.221 e. The molecule has 1 fully saturated rings. The van der Waals surface area contributed by atoms with E-state index in [1.165, 1.54) is 6.07 Å². The molecular weight excluding hydrogens is 255 g/mol. The minimum absolute atomic E-state index is 0.0853. The predicted octanol–water partition coefficient (Wildman–Crippen LogP) is 2.24. The van der Waals surface area contributed by atoms with Gasteiger partial charge in [-0.1, -0.05) is 17.7 Å². The fourth-order valence-corrected chi connectivity index (χ4v) is 1.81. The highest BCUT2D eigenvalue weighted by Crippen LogP contribution is 2.18. The summed E-state index contributed by atoms with van der Waals surface area (Å²) in [5.41, 5.74) is 0.906. The van der Waals surface area contributed by atoms with Crippen LogP contribution in [-0.2, 0) is 11.3 Å². The Labute approximate surface area is 111 Å². The molecule has 1 aromatic carbocycles. The van der Waals surface area contributed by atoms with Crippen LogP contribution >= 0.6 is 11.6 Å². The van der Waals surface area contributed by atoms with Crippen LogP contribution in [0, 0.1) is 5.82 Å². The van der Waals surface area contributed by atoms with Gasteiger partial charge < -0.3 is 10.6 Å². The van der Waals surface area contributed by atoms with Gasteiger partial charge in [0.15, 0.2) is 0 Å². The van der Waals surface area contributed by atoms with E-state index in [0.29, 0.717) is 25.6 Å². The van der Waals surface area contributed by atoms with E-state index in [2.05, 4.69) is 10.6 Å². The number of amides is 1. The molecule has 5 heteroatoms. The van der Waals surface area contributed by atoms with Crippen LogP contribution in [0.5, 0.6) is 0 Å². The largest absolute Gasteiger partial charge is 0.353 e. The Morgan fingerprint density at radius 3 is 2.89 bits per heavy atom. The van der Waals surface area contributed by atoms with Crippen LogP contribution in [0.25, 0.3) is 0 Å². The van der Waals surface area contributed by atoms with Crippen molar-refractivity contribution in [1.29, 1.82) is 0 Å². The summed E-state index contributed by atoms with van der Waals surface area (Å²) in [7, 11) is 0. The normalized spacial score (nSPS) is 14.6. The van der Waals surface area contributed by atoms with Crippen molar-refractivity contribution < 1.29 is 9.18 Å². The van der Waals surface area contributed by atoms with Crippen LogP contribution in [0.4, 0.5) is 4.39 Å². The molecule has 0 radical (unpaired) electrons. The molecular formula is C13H16ClFN2O. The van der Waals surface area contributed by atoms with E-state index < -0.39 is 5.82 Å². The summed E-state index contributed by atoms with van der Waals surface area (Å²) >= 11 is 5.67. The van der Waals surface area contributed by atoms with E-state index in [9.17, 15) is 9.18 Å². The molecule has 18 heavy (non-hydrogen) atoms. The molecule has 0 bridgehead atoms. The fraction of sp³-hybridized carbons (Fsp3) is 0.462. The van der Waals surface area contributed by atoms with Crippen molar-refractivity contribution >= 4 is 17.5 Å². The van der Waals surface area contributed by atoms with Gasteiger partial charge in [0.25, 0.3) is 0 Å². The number of hydrogen-bond donors (Lipinski definition) is 2. The quantitative estimate of drug-likeness (QED) is 0.779. The van der Waals surface area contributed by atoms with Crippen molar-refractivity contribution in [3.05, 3.63) is 34.6 Å². The predicted molar refractivity (Wildman–Crippen MR) is 68.9 cm³/mol. The van der Waals surface area contributed by atoms with Crippen molar-refractivity contribution in [2.45, 2.75) is 31.8 Å². The number of nitrogens with one attached hydrogen (secondary N) is 2. The zero-order valence-corrected chi connectivity index (χ0v) is 10.8. The summed E-state index contributed by atoms with van der Waals surface area (Å²) in [6.45, 7) is 1.18. The molecule has 1 aliphatic rings. The first-order valence-corrected chi connectivity index (χ1v) is 6.47. The Morgan fingerprint density at radius 1 is 1.44 bits per heavy atom. The van der Waals surface area contributed by atoms with E-state index in [0.717, 1.165) is 18.4 Å². The van der Waals surface area contributed by atoms with E-state index in [1.54, 1.807) is 12.1 Å². The topological polar surface area (TPSA) is 41.1 Å². The number of rotatable bonds is 6. The third-order valence-corrected chi connectivity index (χ3v) is 3.07. The van der Waals surface area contributed by atoms with Gasteiger partial charge in [-0.2, -0.15) is 0 Å². The van der Waals surface area contributed by atoms with E-state index in [-0.39, 0.29) is 10.9 Å². The van der Waals surface area contributed by atoms with Crippen LogP contribution in [0.1, 0.15) is 24.8 Å². The lowest BCUT2D eigenvalue weighted by molar-refractivity contribution is -0.121. The van der Waals surface area contributed by atoms with E-state index >= 15 is 0 Å². The summed E-state index contributed by atoms with van der Waals surface area (Å²) in [6.07, 6.45) is 2.67. The highest BCUT2D eigenvalue weighted by atomic mass is 35.5. The van der Waals surface area contributed by atoms with Crippen molar-refractivity contribution in [2.24, 2.45) is 0 Å². The average molecular weight is 271 g/mol. The first-order valence-electron chi connectivity index (χ1n) is 6.09. The van der Waals surface area contributed by atoms with Gasteiger partial charge in [0.1, 0.15) is 5.82 Å². The Hall–Kier alpha value is -1.13. The third-order valence-electron chi connectivity index (χ3n) is 2.78. The lowest BCUT2D eigenvalue weighted by Crippen LogP contribution is -2.28. The van der Waals surface area contributed by atoms with Crippen molar-refractivity contribution in [3.8, 4) is 0 Å². The molecule has 1 aliphatic carbocycles. The number of halogens is 2. The zero-order chi connectivity index (χ0) is 13.0. The Morgan fingerprint density at radius 2 is 2.22 bits per heavy atom. The second-order valence-electron chi connectivity index (χ2n) is 4.52. The van der Waals surface area contributed by atoms with Crippen molar-refractivity contribution in [1.82, 2.24) is 10.6 Å². The average Bonchev–Trinajstić information content (AvgIpc) is 3.13. The monoisotopic (exact) mass is 270 g/mol. The zero-order valence-electron chi connectivity index (χ0n) is 10.0. The van der Waals surface area contributed by atoms with Crippen LogP contribution < -0.4 is 10.6 Å². The van der Waals surface area contributed by atoms with Gasteiger partial charge in [0, 0.05) is 25.6 Å². The molecule has 98 valence electrons. The number of hydrogen-bond acceptors (Lipinski definition) is 2. The number of benzene rings is 1. The van der Waals surface area contributed by atoms with Crippen LogP contribution in [-0.4, -0.2) is 18.5 Å². The SMILES string of the molecule is O=C(CCNCc1ccc(F)c(Cl)c1)NC1CC1. The summed E-state index contributed by atoms with van der Waals surface area (Å²) in [6, 6.07) is 5.03. The van der Waals surface area contributed by atoms with Crippen molar-refractivity contribution in [2.75, 3.05) is 6.54 Å². The Balaban J connectivity index is 1.64. The molecule has 0 aromatic heterocycles. The van der Waals surface area contributed by atoms with Gasteiger partial charge in [-0.3, -0.25) is 4.79 Å². The van der Waals surface area contributed by atoms with Gasteiger partial charge in [-0.25, -0.2) is 4.39 Å². The van der Waals surface area contributed by atoms with Crippen LogP contribution in [0.15, 0.2) is 18.2 Å². The molecule has 2 N–H and O–H groups in total. The lowest BCUT2D eigenvalue weighted by Gasteiger charge is -2.06. The minimum atomic E-state index is -0.413. The van der Waals surface area contributed by atoms with Gasteiger partial charge >= 0.3 is 0 Å². The molecule has 0 aliphatic heterocycles. The molecule has 0 atom stereocenters. The molecule has 0 saturated heterocycles. The molecule has 2 rings (SSSR count). The molecule has 3 nitrogen and oxygen atoms in total. The maximum atomic E-state index is 12.9. The second kappa shape index (κ2) is 6.16. The van der Waals surface area contributed by atoms with Gasteiger partial charge in [-0.15, -0.1) is 0 Å².